The predicted octanol–water partition coefficient (Wildman–Crippen LogP) is 3.61. The highest BCUT2D eigenvalue weighted by molar-refractivity contribution is 5.78. The van der Waals surface area contributed by atoms with Crippen LogP contribution in [0, 0.1) is 5.82 Å². The van der Waals surface area contributed by atoms with E-state index in [4.69, 9.17) is 10.5 Å². The number of nitrogens with zero attached hydrogens (tertiary/aromatic N) is 8. The Morgan fingerprint density at radius 3 is 2.48 bits per heavy atom. The number of hydrogen-bond acceptors (Lipinski definition) is 8. The first-order chi connectivity index (χ1) is 19.5. The maximum Gasteiger partial charge on any atom is 0.156 e. The molecule has 0 amide bonds. The van der Waals surface area contributed by atoms with Gasteiger partial charge in [-0.1, -0.05) is 18.2 Å². The third-order valence-electron chi connectivity index (χ3n) is 7.81. The third-order valence-corrected chi connectivity index (χ3v) is 7.81. The van der Waals surface area contributed by atoms with Gasteiger partial charge in [0.1, 0.15) is 17.7 Å². The summed E-state index contributed by atoms with van der Waals surface area (Å²) < 4.78 is 22.5. The molecule has 1 atom stereocenters. The summed E-state index contributed by atoms with van der Waals surface area (Å²) in [7, 11) is 0. The summed E-state index contributed by atoms with van der Waals surface area (Å²) in [4.78, 5) is 16.1. The van der Waals surface area contributed by atoms with E-state index in [0.717, 1.165) is 52.1 Å². The van der Waals surface area contributed by atoms with Crippen LogP contribution in [-0.2, 0) is 10.3 Å². The fourth-order valence-corrected chi connectivity index (χ4v) is 5.17. The minimum Gasteiger partial charge on any atom is -0.377 e. The maximum atomic E-state index is 13.4. The Labute approximate surface area is 230 Å². The van der Waals surface area contributed by atoms with Gasteiger partial charge in [0.05, 0.1) is 31.0 Å². The van der Waals surface area contributed by atoms with Crippen molar-refractivity contribution in [3.63, 3.8) is 0 Å². The number of fused-ring (bicyclic) bond motifs is 1. The fourth-order valence-electron chi connectivity index (χ4n) is 5.17. The number of ether oxygens (including phenoxy) is 1. The zero-order chi connectivity index (χ0) is 27.3. The molecule has 0 spiro atoms. The average molecular weight is 538 g/mol. The minimum atomic E-state index is -0.831. The standard InChI is InChI=1S/C29H28FN9O/c1-29(31,22-2-4-24(30)5-3-22)23-12-32-27(33-13-23)19-6-8-37(9-7-19)28-26-10-20(14-39(26)36-18-34-28)21-11-35-38(15-21)25-16-40-17-25/h2-6,10-15,18,25H,7-9,16-17,31H2,1H3/t29-/m0/s1. The minimum absolute atomic E-state index is 0.295. The van der Waals surface area contributed by atoms with Crippen molar-refractivity contribution in [2.45, 2.75) is 24.9 Å². The van der Waals surface area contributed by atoms with Crippen LogP contribution in [0.25, 0.3) is 22.2 Å². The Morgan fingerprint density at radius 2 is 1.77 bits per heavy atom. The predicted molar refractivity (Wildman–Crippen MR) is 148 cm³/mol. The number of aromatic nitrogens is 7. The van der Waals surface area contributed by atoms with E-state index in [1.165, 1.54) is 12.1 Å². The summed E-state index contributed by atoms with van der Waals surface area (Å²) in [5.74, 6) is 1.27. The van der Waals surface area contributed by atoms with Crippen LogP contribution in [0.1, 0.15) is 36.3 Å². The Morgan fingerprint density at radius 1 is 0.975 bits per heavy atom. The smallest absolute Gasteiger partial charge is 0.156 e. The topological polar surface area (TPSA) is 112 Å². The molecule has 1 saturated heterocycles. The Kier molecular flexibility index (Phi) is 5.90. The molecule has 1 fully saturated rings. The highest BCUT2D eigenvalue weighted by Gasteiger charge is 2.26. The lowest BCUT2D eigenvalue weighted by molar-refractivity contribution is -0.0286. The first kappa shape index (κ1) is 24.6. The van der Waals surface area contributed by atoms with Crippen molar-refractivity contribution in [2.24, 2.45) is 5.73 Å². The lowest BCUT2D eigenvalue weighted by atomic mass is 9.87. The number of rotatable bonds is 6. The highest BCUT2D eigenvalue weighted by atomic mass is 19.1. The van der Waals surface area contributed by atoms with Crippen molar-refractivity contribution in [3.05, 3.63) is 96.5 Å². The van der Waals surface area contributed by atoms with Gasteiger partial charge in [-0.25, -0.2) is 23.9 Å². The van der Waals surface area contributed by atoms with Gasteiger partial charge >= 0.3 is 0 Å². The van der Waals surface area contributed by atoms with Gasteiger partial charge in [-0.05, 0) is 42.7 Å². The largest absolute Gasteiger partial charge is 0.377 e. The molecule has 2 aliphatic rings. The van der Waals surface area contributed by atoms with Gasteiger partial charge in [0.25, 0.3) is 0 Å². The van der Waals surface area contributed by atoms with E-state index in [0.29, 0.717) is 31.6 Å². The molecule has 0 bridgehead atoms. The molecule has 40 heavy (non-hydrogen) atoms. The van der Waals surface area contributed by atoms with Crippen LogP contribution in [0.4, 0.5) is 10.2 Å². The molecule has 0 unspecified atom stereocenters. The second kappa shape index (κ2) is 9.61. The zero-order valence-corrected chi connectivity index (χ0v) is 22.0. The SMILES string of the molecule is C[C@](N)(c1ccc(F)cc1)c1cnc(C2=CCN(c3ncnn4cc(-c5cnn(C6COC6)c5)cc34)CC2)nc1. The molecule has 0 radical (unpaired) electrons. The molecule has 0 aliphatic carbocycles. The Balaban J connectivity index is 1.09. The lowest BCUT2D eigenvalue weighted by Crippen LogP contribution is -2.34. The molecule has 0 saturated carbocycles. The molecular formula is C29H28FN9O. The summed E-state index contributed by atoms with van der Waals surface area (Å²) in [5, 5.41) is 8.95. The zero-order valence-electron chi connectivity index (χ0n) is 22.0. The molecule has 202 valence electrons. The van der Waals surface area contributed by atoms with E-state index in [1.807, 2.05) is 28.5 Å². The molecule has 2 N–H and O–H groups in total. The summed E-state index contributed by atoms with van der Waals surface area (Å²) in [5.41, 5.74) is 11.4. The summed E-state index contributed by atoms with van der Waals surface area (Å²) in [6.07, 6.45) is 14.0. The van der Waals surface area contributed by atoms with E-state index in [9.17, 15) is 4.39 Å². The van der Waals surface area contributed by atoms with Gasteiger partial charge in [0, 0.05) is 54.6 Å². The van der Waals surface area contributed by atoms with Crippen molar-refractivity contribution in [2.75, 3.05) is 31.2 Å². The van der Waals surface area contributed by atoms with Crippen LogP contribution in [0.5, 0.6) is 0 Å². The Hall–Kier alpha value is -4.48. The van der Waals surface area contributed by atoms with Gasteiger partial charge in [0.15, 0.2) is 11.6 Å². The average Bonchev–Trinajstić information content (AvgIpc) is 3.60. The first-order valence-corrected chi connectivity index (χ1v) is 13.2. The second-order valence-electron chi connectivity index (χ2n) is 10.5. The molecule has 4 aromatic heterocycles. The quantitative estimate of drug-likeness (QED) is 0.350. The van der Waals surface area contributed by atoms with Crippen molar-refractivity contribution in [3.8, 4) is 11.1 Å². The highest BCUT2D eigenvalue weighted by Crippen LogP contribution is 2.31. The van der Waals surface area contributed by atoms with Crippen LogP contribution in [0.15, 0.2) is 73.7 Å². The van der Waals surface area contributed by atoms with Crippen LogP contribution in [0.2, 0.25) is 0 Å². The van der Waals surface area contributed by atoms with E-state index in [1.54, 1.807) is 30.9 Å². The van der Waals surface area contributed by atoms with Gasteiger partial charge in [-0.2, -0.15) is 10.2 Å². The lowest BCUT2D eigenvalue weighted by Gasteiger charge is -2.28. The molecule has 10 nitrogen and oxygen atoms in total. The number of halogens is 1. The first-order valence-electron chi connectivity index (χ1n) is 13.2. The van der Waals surface area contributed by atoms with E-state index < -0.39 is 5.54 Å². The monoisotopic (exact) mass is 537 g/mol. The van der Waals surface area contributed by atoms with Crippen molar-refractivity contribution >= 4 is 16.9 Å². The van der Waals surface area contributed by atoms with Crippen LogP contribution in [-0.4, -0.2) is 60.6 Å². The Bertz CT molecular complexity index is 1700. The van der Waals surface area contributed by atoms with Crippen LogP contribution >= 0.6 is 0 Å². The fraction of sp³-hybridized carbons (Fsp3) is 0.276. The van der Waals surface area contributed by atoms with Gasteiger partial charge in [-0.15, -0.1) is 0 Å². The molecule has 1 aromatic carbocycles. The maximum absolute atomic E-state index is 13.4. The normalized spacial score (nSPS) is 17.5. The molecule has 5 aromatic rings. The number of anilines is 1. The molecule has 6 heterocycles. The number of benzene rings is 1. The summed E-state index contributed by atoms with van der Waals surface area (Å²) >= 11 is 0. The van der Waals surface area contributed by atoms with Crippen molar-refractivity contribution < 1.29 is 9.13 Å². The molecule has 11 heteroatoms. The van der Waals surface area contributed by atoms with Crippen LogP contribution < -0.4 is 10.6 Å². The number of hydrogen-bond donors (Lipinski definition) is 1. The third kappa shape index (κ3) is 4.33. The van der Waals surface area contributed by atoms with E-state index >= 15 is 0 Å². The van der Waals surface area contributed by atoms with Gasteiger partial charge < -0.3 is 15.4 Å². The second-order valence-corrected chi connectivity index (χ2v) is 10.5. The number of nitrogens with two attached hydrogens (primary N) is 1. The summed E-state index contributed by atoms with van der Waals surface area (Å²) in [6.45, 7) is 4.74. The molecule has 7 rings (SSSR count). The molecule has 2 aliphatic heterocycles. The molecular weight excluding hydrogens is 509 g/mol. The van der Waals surface area contributed by atoms with Crippen molar-refractivity contribution in [1.82, 2.24) is 34.3 Å². The van der Waals surface area contributed by atoms with E-state index in [2.05, 4.69) is 48.4 Å². The van der Waals surface area contributed by atoms with Gasteiger partial charge in [-0.3, -0.25) is 4.68 Å². The van der Waals surface area contributed by atoms with Crippen molar-refractivity contribution in [1.29, 1.82) is 0 Å². The van der Waals surface area contributed by atoms with Crippen LogP contribution in [0.3, 0.4) is 0 Å². The van der Waals surface area contributed by atoms with E-state index in [-0.39, 0.29) is 5.82 Å². The van der Waals surface area contributed by atoms with Gasteiger partial charge in [0.2, 0.25) is 0 Å². The summed E-state index contributed by atoms with van der Waals surface area (Å²) in [6, 6.07) is 8.63.